The molecular formula is C19H21N3O2S. The van der Waals surface area contributed by atoms with Gasteiger partial charge in [0.05, 0.1) is 16.3 Å². The maximum Gasteiger partial charge on any atom is 0.261 e. The third-order valence-corrected chi connectivity index (χ3v) is 5.43. The molecule has 0 saturated carbocycles. The van der Waals surface area contributed by atoms with E-state index in [0.717, 1.165) is 16.9 Å². The molecule has 25 heavy (non-hydrogen) atoms. The Morgan fingerprint density at radius 2 is 1.76 bits per heavy atom. The van der Waals surface area contributed by atoms with Gasteiger partial charge in [0.15, 0.2) is 0 Å². The number of hydrogen-bond acceptors (Lipinski definition) is 3. The molecule has 0 fully saturated rings. The fraction of sp³-hybridized carbons (Fsp3) is 0.211. The number of nitrogens with one attached hydrogen (secondary N) is 1. The van der Waals surface area contributed by atoms with E-state index in [1.807, 2.05) is 31.2 Å². The van der Waals surface area contributed by atoms with Crippen molar-refractivity contribution in [1.29, 1.82) is 0 Å². The summed E-state index contributed by atoms with van der Waals surface area (Å²) in [6, 6.07) is 16.0. The van der Waals surface area contributed by atoms with Crippen LogP contribution in [0.5, 0.6) is 0 Å². The minimum atomic E-state index is -3.63. The lowest BCUT2D eigenvalue weighted by molar-refractivity contribution is 0.601. The topological polar surface area (TPSA) is 64.0 Å². The molecular weight excluding hydrogens is 334 g/mol. The average molecular weight is 355 g/mol. The first kappa shape index (κ1) is 17.2. The third kappa shape index (κ3) is 3.74. The van der Waals surface area contributed by atoms with Crippen molar-refractivity contribution in [2.75, 3.05) is 4.72 Å². The molecule has 130 valence electrons. The van der Waals surface area contributed by atoms with Crippen LogP contribution in [-0.4, -0.2) is 18.2 Å². The fourth-order valence-electron chi connectivity index (χ4n) is 2.59. The second-order valence-electron chi connectivity index (χ2n) is 6.26. The van der Waals surface area contributed by atoms with Gasteiger partial charge in [0, 0.05) is 11.9 Å². The molecule has 0 bridgehead atoms. The number of nitrogens with zero attached hydrogens (tertiary/aromatic N) is 2. The number of benzene rings is 2. The van der Waals surface area contributed by atoms with Crippen LogP contribution in [0, 0.1) is 6.92 Å². The average Bonchev–Trinajstić information content (AvgIpc) is 3.01. The Hall–Kier alpha value is -2.60. The van der Waals surface area contributed by atoms with Gasteiger partial charge in [0.1, 0.15) is 0 Å². The monoisotopic (exact) mass is 355 g/mol. The lowest BCUT2D eigenvalue weighted by atomic mass is 10.0. The third-order valence-electron chi connectivity index (χ3n) is 4.03. The number of anilines is 1. The quantitative estimate of drug-likeness (QED) is 0.749. The van der Waals surface area contributed by atoms with E-state index in [1.165, 1.54) is 0 Å². The van der Waals surface area contributed by atoms with Gasteiger partial charge < -0.3 is 0 Å². The number of sulfonamides is 1. The summed E-state index contributed by atoms with van der Waals surface area (Å²) in [5.41, 5.74) is 3.39. The minimum Gasteiger partial charge on any atom is -0.280 e. The van der Waals surface area contributed by atoms with Gasteiger partial charge in [-0.15, -0.1) is 0 Å². The first-order valence-electron chi connectivity index (χ1n) is 8.11. The van der Waals surface area contributed by atoms with Gasteiger partial charge in [-0.3, -0.25) is 4.72 Å². The van der Waals surface area contributed by atoms with E-state index in [9.17, 15) is 8.42 Å². The Morgan fingerprint density at radius 1 is 1.04 bits per heavy atom. The molecule has 0 aliphatic rings. The predicted octanol–water partition coefficient (Wildman–Crippen LogP) is 4.10. The molecule has 3 aromatic rings. The number of hydrogen-bond donors (Lipinski definition) is 1. The zero-order valence-electron chi connectivity index (χ0n) is 14.5. The van der Waals surface area contributed by atoms with Gasteiger partial charge in [-0.25, -0.2) is 13.1 Å². The largest absolute Gasteiger partial charge is 0.280 e. The highest BCUT2D eigenvalue weighted by Crippen LogP contribution is 2.21. The van der Waals surface area contributed by atoms with E-state index < -0.39 is 10.0 Å². The predicted molar refractivity (Wildman–Crippen MR) is 99.6 cm³/mol. The van der Waals surface area contributed by atoms with Gasteiger partial charge in [0.25, 0.3) is 10.0 Å². The maximum atomic E-state index is 12.6. The van der Waals surface area contributed by atoms with Crippen LogP contribution in [-0.2, 0) is 10.0 Å². The van der Waals surface area contributed by atoms with Crippen LogP contribution in [0.3, 0.4) is 0 Å². The molecule has 0 saturated heterocycles. The standard InChI is InChI=1S/C19H21N3O2S/c1-14(2)16-7-9-19(10-8-16)25(23,24)21-17-5-4-6-18(13-17)22-15(3)11-12-20-22/h4-14,21H,1-3H3. The van der Waals surface area contributed by atoms with Gasteiger partial charge >= 0.3 is 0 Å². The van der Waals surface area contributed by atoms with Crippen molar-refractivity contribution in [3.05, 3.63) is 72.1 Å². The molecule has 6 heteroatoms. The number of aryl methyl sites for hydroxylation is 1. The van der Waals surface area contributed by atoms with Crippen LogP contribution in [0.4, 0.5) is 5.69 Å². The van der Waals surface area contributed by atoms with E-state index in [0.29, 0.717) is 11.6 Å². The van der Waals surface area contributed by atoms with Crippen molar-refractivity contribution < 1.29 is 8.42 Å². The Morgan fingerprint density at radius 3 is 2.36 bits per heavy atom. The van der Waals surface area contributed by atoms with Crippen LogP contribution >= 0.6 is 0 Å². The van der Waals surface area contributed by atoms with Crippen molar-refractivity contribution in [2.45, 2.75) is 31.6 Å². The van der Waals surface area contributed by atoms with Crippen LogP contribution < -0.4 is 4.72 Å². The van der Waals surface area contributed by atoms with E-state index >= 15 is 0 Å². The van der Waals surface area contributed by atoms with E-state index in [2.05, 4.69) is 23.7 Å². The molecule has 0 radical (unpaired) electrons. The number of aromatic nitrogens is 2. The molecule has 1 heterocycles. The van der Waals surface area contributed by atoms with E-state index in [-0.39, 0.29) is 4.90 Å². The maximum absolute atomic E-state index is 12.6. The van der Waals surface area contributed by atoms with Crippen LogP contribution in [0.15, 0.2) is 65.7 Å². The molecule has 0 aliphatic heterocycles. The lowest BCUT2D eigenvalue weighted by Crippen LogP contribution is -2.13. The summed E-state index contributed by atoms with van der Waals surface area (Å²) in [5, 5.41) is 4.25. The van der Waals surface area contributed by atoms with Gasteiger partial charge in [0.2, 0.25) is 0 Å². The smallest absolute Gasteiger partial charge is 0.261 e. The first-order chi connectivity index (χ1) is 11.9. The van der Waals surface area contributed by atoms with Crippen molar-refractivity contribution in [3.8, 4) is 5.69 Å². The van der Waals surface area contributed by atoms with Crippen molar-refractivity contribution in [3.63, 3.8) is 0 Å². The second-order valence-corrected chi connectivity index (χ2v) is 7.95. The van der Waals surface area contributed by atoms with Gasteiger partial charge in [-0.1, -0.05) is 32.0 Å². The van der Waals surface area contributed by atoms with Gasteiger partial charge in [-0.2, -0.15) is 5.10 Å². The molecule has 0 spiro atoms. The highest BCUT2D eigenvalue weighted by atomic mass is 32.2. The van der Waals surface area contributed by atoms with Crippen molar-refractivity contribution in [2.24, 2.45) is 0 Å². The van der Waals surface area contributed by atoms with E-state index in [4.69, 9.17) is 0 Å². The summed E-state index contributed by atoms with van der Waals surface area (Å²) < 4.78 is 29.6. The molecule has 2 aromatic carbocycles. The zero-order chi connectivity index (χ0) is 18.0. The van der Waals surface area contributed by atoms with Crippen LogP contribution in [0.1, 0.15) is 31.0 Å². The van der Waals surface area contributed by atoms with Crippen LogP contribution in [0.2, 0.25) is 0 Å². The highest BCUT2D eigenvalue weighted by Gasteiger charge is 2.15. The Labute approximate surface area is 148 Å². The highest BCUT2D eigenvalue weighted by molar-refractivity contribution is 7.92. The Bertz CT molecular complexity index is 974. The normalized spacial score (nSPS) is 11.7. The first-order valence-corrected chi connectivity index (χ1v) is 9.59. The summed E-state index contributed by atoms with van der Waals surface area (Å²) >= 11 is 0. The molecule has 0 aliphatic carbocycles. The molecule has 0 atom stereocenters. The molecule has 0 unspecified atom stereocenters. The molecule has 3 rings (SSSR count). The molecule has 0 amide bonds. The van der Waals surface area contributed by atoms with E-state index in [1.54, 1.807) is 41.2 Å². The minimum absolute atomic E-state index is 0.248. The molecule has 1 aromatic heterocycles. The van der Waals surface area contributed by atoms with Crippen LogP contribution in [0.25, 0.3) is 5.69 Å². The lowest BCUT2D eigenvalue weighted by Gasteiger charge is -2.11. The summed E-state index contributed by atoms with van der Waals surface area (Å²) in [4.78, 5) is 0.248. The summed E-state index contributed by atoms with van der Waals surface area (Å²) in [5.74, 6) is 0.360. The SMILES string of the molecule is Cc1ccnn1-c1cccc(NS(=O)(=O)c2ccc(C(C)C)cc2)c1. The van der Waals surface area contributed by atoms with Gasteiger partial charge in [-0.05, 0) is 54.8 Å². The summed E-state index contributed by atoms with van der Waals surface area (Å²) in [7, 11) is -3.63. The Kier molecular flexibility index (Phi) is 4.63. The number of rotatable bonds is 5. The summed E-state index contributed by atoms with van der Waals surface area (Å²) in [6.07, 6.45) is 1.71. The Balaban J connectivity index is 1.87. The zero-order valence-corrected chi connectivity index (χ0v) is 15.3. The molecule has 1 N–H and O–H groups in total. The summed E-state index contributed by atoms with van der Waals surface area (Å²) in [6.45, 7) is 6.09. The fourth-order valence-corrected chi connectivity index (χ4v) is 3.64. The second kappa shape index (κ2) is 6.72. The molecule has 5 nitrogen and oxygen atoms in total. The van der Waals surface area contributed by atoms with Crippen molar-refractivity contribution in [1.82, 2.24) is 9.78 Å². The van der Waals surface area contributed by atoms with Crippen molar-refractivity contribution >= 4 is 15.7 Å².